The second kappa shape index (κ2) is 11.6. The fraction of sp³-hybridized carbons (Fsp3) is 0.250. The third kappa shape index (κ3) is 6.07. The lowest BCUT2D eigenvalue weighted by Gasteiger charge is -2.33. The Kier molecular flexibility index (Phi) is 8.05. The molecule has 1 aliphatic heterocycles. The molecule has 2 atom stereocenters. The smallest absolute Gasteiger partial charge is 0.244 e. The number of carbonyl (C=O) groups excluding carboxylic acids is 1. The summed E-state index contributed by atoms with van der Waals surface area (Å²) in [6, 6.07) is 15.3. The number of amides is 1. The minimum absolute atomic E-state index is 0.132. The zero-order valence-corrected chi connectivity index (χ0v) is 20.5. The zero-order chi connectivity index (χ0) is 26.4. The number of benzene rings is 3. The summed E-state index contributed by atoms with van der Waals surface area (Å²) in [4.78, 5) is 12.2. The Morgan fingerprint density at radius 1 is 0.973 bits per heavy atom. The second-order valence-corrected chi connectivity index (χ2v) is 8.40. The number of ether oxygens (including phenoxy) is 4. The van der Waals surface area contributed by atoms with E-state index in [1.54, 1.807) is 48.5 Å². The molecule has 9 heteroatoms. The quantitative estimate of drug-likeness (QED) is 0.325. The SMILES string of the molecule is COc1cc([C@@H]2Oc3ccc(/C=C/C(=O)NCCc4ccc(O)cc4)cc3O[C@H]2CO)cc(OC)c1O. The van der Waals surface area contributed by atoms with Crippen LogP contribution >= 0.6 is 0 Å². The molecule has 0 bridgehead atoms. The molecule has 3 aromatic carbocycles. The van der Waals surface area contributed by atoms with E-state index in [2.05, 4.69) is 5.32 Å². The molecule has 1 aliphatic rings. The van der Waals surface area contributed by atoms with Crippen LogP contribution in [-0.4, -0.2) is 54.7 Å². The molecule has 0 unspecified atom stereocenters. The molecule has 0 aromatic heterocycles. The highest BCUT2D eigenvalue weighted by atomic mass is 16.6. The van der Waals surface area contributed by atoms with Crippen molar-refractivity contribution < 1.29 is 39.1 Å². The standard InChI is InChI=1S/C28H29NO8/c1-34-23-14-19(15-24(35-2)27(23)33)28-25(16-30)36-22-13-18(5-9-21(22)37-28)6-10-26(32)29-12-11-17-3-7-20(31)8-4-17/h3-10,13-15,25,28,30-31,33H,11-12,16H2,1-2H3,(H,29,32)/b10-6+/t25-,28-/m0/s1. The average molecular weight is 508 g/mol. The van der Waals surface area contributed by atoms with Gasteiger partial charge >= 0.3 is 0 Å². The molecular weight excluding hydrogens is 478 g/mol. The minimum Gasteiger partial charge on any atom is -0.508 e. The van der Waals surface area contributed by atoms with Gasteiger partial charge in [0.1, 0.15) is 5.75 Å². The van der Waals surface area contributed by atoms with Crippen LogP contribution in [0.5, 0.6) is 34.5 Å². The van der Waals surface area contributed by atoms with Gasteiger partial charge in [0, 0.05) is 18.2 Å². The van der Waals surface area contributed by atoms with Crippen LogP contribution in [-0.2, 0) is 11.2 Å². The highest BCUT2D eigenvalue weighted by Gasteiger charge is 2.34. The van der Waals surface area contributed by atoms with Crippen molar-refractivity contribution in [3.8, 4) is 34.5 Å². The van der Waals surface area contributed by atoms with Crippen molar-refractivity contribution in [1.82, 2.24) is 5.32 Å². The number of fused-ring (bicyclic) bond motifs is 1. The van der Waals surface area contributed by atoms with E-state index in [0.29, 0.717) is 30.0 Å². The lowest BCUT2D eigenvalue weighted by molar-refractivity contribution is -0.116. The van der Waals surface area contributed by atoms with E-state index >= 15 is 0 Å². The molecule has 0 spiro atoms. The molecule has 1 amide bonds. The van der Waals surface area contributed by atoms with Crippen molar-refractivity contribution in [2.24, 2.45) is 0 Å². The van der Waals surface area contributed by atoms with Gasteiger partial charge in [0.05, 0.1) is 20.8 Å². The Balaban J connectivity index is 1.42. The lowest BCUT2D eigenvalue weighted by Crippen LogP contribution is -2.36. The van der Waals surface area contributed by atoms with Gasteiger partial charge in [-0.25, -0.2) is 0 Å². The first-order valence-corrected chi connectivity index (χ1v) is 11.7. The van der Waals surface area contributed by atoms with Crippen molar-refractivity contribution in [3.63, 3.8) is 0 Å². The van der Waals surface area contributed by atoms with E-state index in [9.17, 15) is 20.1 Å². The summed E-state index contributed by atoms with van der Waals surface area (Å²) >= 11 is 0. The molecule has 0 fully saturated rings. The third-order valence-electron chi connectivity index (χ3n) is 5.92. The average Bonchev–Trinajstić information content (AvgIpc) is 2.92. The highest BCUT2D eigenvalue weighted by Crippen LogP contribution is 2.44. The predicted octanol–water partition coefficient (Wildman–Crippen LogP) is 3.36. The normalized spacial score (nSPS) is 16.4. The van der Waals surface area contributed by atoms with Crippen LogP contribution in [0, 0.1) is 0 Å². The largest absolute Gasteiger partial charge is 0.508 e. The summed E-state index contributed by atoms with van der Waals surface area (Å²) in [5.41, 5.74) is 2.33. The van der Waals surface area contributed by atoms with Crippen molar-refractivity contribution >= 4 is 12.0 Å². The highest BCUT2D eigenvalue weighted by molar-refractivity contribution is 5.91. The molecule has 0 saturated carbocycles. The van der Waals surface area contributed by atoms with Crippen LogP contribution in [0.2, 0.25) is 0 Å². The van der Waals surface area contributed by atoms with Gasteiger partial charge in [-0.15, -0.1) is 0 Å². The Bertz CT molecular complexity index is 1250. The maximum atomic E-state index is 12.2. The molecule has 194 valence electrons. The summed E-state index contributed by atoms with van der Waals surface area (Å²) in [5, 5.41) is 32.4. The first kappa shape index (κ1) is 25.7. The van der Waals surface area contributed by atoms with Crippen molar-refractivity contribution in [2.75, 3.05) is 27.4 Å². The van der Waals surface area contributed by atoms with Gasteiger partial charge in [-0.2, -0.15) is 0 Å². The van der Waals surface area contributed by atoms with Crippen LogP contribution in [0.3, 0.4) is 0 Å². The second-order valence-electron chi connectivity index (χ2n) is 8.40. The van der Waals surface area contributed by atoms with Gasteiger partial charge in [-0.3, -0.25) is 4.79 Å². The monoisotopic (exact) mass is 507 g/mol. The summed E-state index contributed by atoms with van der Waals surface area (Å²) in [6.07, 6.45) is 2.33. The van der Waals surface area contributed by atoms with Crippen LogP contribution in [0.25, 0.3) is 6.08 Å². The number of aliphatic hydroxyl groups is 1. The minimum atomic E-state index is -0.728. The maximum Gasteiger partial charge on any atom is 0.244 e. The van der Waals surface area contributed by atoms with E-state index in [-0.39, 0.29) is 35.5 Å². The van der Waals surface area contributed by atoms with E-state index in [4.69, 9.17) is 18.9 Å². The van der Waals surface area contributed by atoms with Gasteiger partial charge in [-0.05, 0) is 60.0 Å². The van der Waals surface area contributed by atoms with Crippen LogP contribution in [0.15, 0.2) is 60.7 Å². The molecule has 1 heterocycles. The molecule has 37 heavy (non-hydrogen) atoms. The number of nitrogens with one attached hydrogen (secondary N) is 1. The first-order chi connectivity index (χ1) is 17.9. The van der Waals surface area contributed by atoms with E-state index in [1.807, 2.05) is 12.1 Å². The fourth-order valence-electron chi connectivity index (χ4n) is 3.97. The lowest BCUT2D eigenvalue weighted by atomic mass is 10.0. The van der Waals surface area contributed by atoms with Crippen LogP contribution in [0.1, 0.15) is 22.8 Å². The number of carbonyl (C=O) groups is 1. The van der Waals surface area contributed by atoms with Gasteiger partial charge < -0.3 is 39.6 Å². The Morgan fingerprint density at radius 2 is 1.68 bits per heavy atom. The number of phenolic OH excluding ortho intramolecular Hbond substituents is 2. The number of methoxy groups -OCH3 is 2. The van der Waals surface area contributed by atoms with Gasteiger partial charge in [0.2, 0.25) is 11.7 Å². The summed E-state index contributed by atoms with van der Waals surface area (Å²) in [7, 11) is 2.86. The predicted molar refractivity (Wildman–Crippen MR) is 136 cm³/mol. The molecular formula is C28H29NO8. The molecule has 0 saturated heterocycles. The molecule has 3 aromatic rings. The van der Waals surface area contributed by atoms with Crippen molar-refractivity contribution in [2.45, 2.75) is 18.6 Å². The number of hydrogen-bond donors (Lipinski definition) is 4. The first-order valence-electron chi connectivity index (χ1n) is 11.7. The number of rotatable bonds is 9. The number of phenols is 2. The number of aromatic hydroxyl groups is 2. The summed E-state index contributed by atoms with van der Waals surface area (Å²) in [5.74, 6) is 1.16. The topological polar surface area (TPSA) is 127 Å². The van der Waals surface area contributed by atoms with Gasteiger partial charge in [0.15, 0.2) is 35.2 Å². The van der Waals surface area contributed by atoms with E-state index < -0.39 is 12.2 Å². The Hall–Kier alpha value is -4.37. The molecule has 0 radical (unpaired) electrons. The van der Waals surface area contributed by atoms with Crippen molar-refractivity contribution in [3.05, 3.63) is 77.4 Å². The van der Waals surface area contributed by atoms with Crippen molar-refractivity contribution in [1.29, 1.82) is 0 Å². The third-order valence-corrected chi connectivity index (χ3v) is 5.92. The van der Waals surface area contributed by atoms with Crippen LogP contribution < -0.4 is 24.3 Å². The molecule has 0 aliphatic carbocycles. The molecule has 4 N–H and O–H groups in total. The van der Waals surface area contributed by atoms with E-state index in [0.717, 1.165) is 11.1 Å². The molecule has 9 nitrogen and oxygen atoms in total. The Labute approximate surface area is 214 Å². The molecule has 4 rings (SSSR count). The Morgan fingerprint density at radius 3 is 2.32 bits per heavy atom. The number of aliphatic hydroxyl groups excluding tert-OH is 1. The summed E-state index contributed by atoms with van der Waals surface area (Å²) < 4.78 is 22.6. The maximum absolute atomic E-state index is 12.2. The number of hydrogen-bond acceptors (Lipinski definition) is 8. The van der Waals surface area contributed by atoms with Crippen LogP contribution in [0.4, 0.5) is 0 Å². The zero-order valence-electron chi connectivity index (χ0n) is 20.5. The van der Waals surface area contributed by atoms with Gasteiger partial charge in [0.25, 0.3) is 0 Å². The fourth-order valence-corrected chi connectivity index (χ4v) is 3.97. The van der Waals surface area contributed by atoms with Gasteiger partial charge in [-0.1, -0.05) is 18.2 Å². The summed E-state index contributed by atoms with van der Waals surface area (Å²) in [6.45, 7) is 0.139. The van der Waals surface area contributed by atoms with E-state index in [1.165, 1.54) is 20.3 Å².